The summed E-state index contributed by atoms with van der Waals surface area (Å²) in [6, 6.07) is 8.01. The van der Waals surface area contributed by atoms with Gasteiger partial charge < -0.3 is 19.9 Å². The lowest BCUT2D eigenvalue weighted by Crippen LogP contribution is -2.35. The molecule has 0 radical (unpaired) electrons. The number of carbonyl (C=O) groups excluding carboxylic acids is 1. The molecule has 0 spiro atoms. The van der Waals surface area contributed by atoms with Gasteiger partial charge in [0.15, 0.2) is 0 Å². The Hall–Kier alpha value is -2.01. The molecule has 0 aliphatic heterocycles. The number of benzene rings is 1. The third-order valence-electron chi connectivity index (χ3n) is 3.56. The van der Waals surface area contributed by atoms with Gasteiger partial charge in [0.2, 0.25) is 0 Å². The average Bonchev–Trinajstić information content (AvgIpc) is 2.83. The molecule has 2 amide bonds. The number of para-hydroxylation sites is 1. The van der Waals surface area contributed by atoms with Gasteiger partial charge in [-0.1, -0.05) is 25.1 Å². The smallest absolute Gasteiger partial charge is 0.319 e. The van der Waals surface area contributed by atoms with Gasteiger partial charge in [-0.05, 0) is 19.4 Å². The summed E-state index contributed by atoms with van der Waals surface area (Å²) in [5.41, 5.74) is 1.91. The number of fused-ring (bicyclic) bond motifs is 1. The monoisotopic (exact) mass is 289 g/mol. The summed E-state index contributed by atoms with van der Waals surface area (Å²) in [6.07, 6.45) is 2.86. The minimum Gasteiger partial charge on any atom is -0.383 e. The largest absolute Gasteiger partial charge is 0.383 e. The molecule has 1 aromatic carbocycles. The fraction of sp³-hybridized carbons (Fsp3) is 0.438. The maximum atomic E-state index is 12.0. The van der Waals surface area contributed by atoms with Crippen molar-refractivity contribution in [3.63, 3.8) is 0 Å². The standard InChI is InChI=1S/C16H23N3O2/c1-4-12(2)17-16(20)18-14-11-19(9-10-21-3)15-8-6-5-7-13(14)15/h5-8,11-12H,4,9-10H2,1-3H3,(H2,17,18,20). The average molecular weight is 289 g/mol. The molecule has 2 rings (SSSR count). The van der Waals surface area contributed by atoms with Crippen molar-refractivity contribution in [2.75, 3.05) is 19.0 Å². The molecule has 0 fully saturated rings. The summed E-state index contributed by atoms with van der Waals surface area (Å²) in [5, 5.41) is 6.88. The summed E-state index contributed by atoms with van der Waals surface area (Å²) in [4.78, 5) is 12.0. The Labute approximate surface area is 125 Å². The number of anilines is 1. The van der Waals surface area contributed by atoms with Crippen molar-refractivity contribution in [1.82, 2.24) is 9.88 Å². The molecule has 2 N–H and O–H groups in total. The molecule has 0 aliphatic carbocycles. The number of amides is 2. The highest BCUT2D eigenvalue weighted by molar-refractivity contribution is 6.01. The van der Waals surface area contributed by atoms with Crippen LogP contribution in [-0.2, 0) is 11.3 Å². The number of aromatic nitrogens is 1. The van der Waals surface area contributed by atoms with E-state index in [4.69, 9.17) is 4.74 Å². The van der Waals surface area contributed by atoms with Gasteiger partial charge in [0.1, 0.15) is 0 Å². The maximum absolute atomic E-state index is 12.0. The molecule has 5 nitrogen and oxygen atoms in total. The molecule has 0 saturated carbocycles. The Bertz CT molecular complexity index is 607. The summed E-state index contributed by atoms with van der Waals surface area (Å²) >= 11 is 0. The third-order valence-corrected chi connectivity index (χ3v) is 3.56. The van der Waals surface area contributed by atoms with Gasteiger partial charge in [-0.2, -0.15) is 0 Å². The van der Waals surface area contributed by atoms with E-state index in [0.717, 1.165) is 29.6 Å². The van der Waals surface area contributed by atoms with Crippen molar-refractivity contribution in [3.05, 3.63) is 30.5 Å². The van der Waals surface area contributed by atoms with Gasteiger partial charge in [-0.15, -0.1) is 0 Å². The van der Waals surface area contributed by atoms with Crippen LogP contribution in [-0.4, -0.2) is 30.4 Å². The molecule has 1 unspecified atom stereocenters. The van der Waals surface area contributed by atoms with Crippen molar-refractivity contribution >= 4 is 22.6 Å². The maximum Gasteiger partial charge on any atom is 0.319 e. The number of nitrogens with one attached hydrogen (secondary N) is 2. The van der Waals surface area contributed by atoms with Crippen LogP contribution < -0.4 is 10.6 Å². The van der Waals surface area contributed by atoms with E-state index in [2.05, 4.69) is 15.2 Å². The summed E-state index contributed by atoms with van der Waals surface area (Å²) in [7, 11) is 1.68. The summed E-state index contributed by atoms with van der Waals surface area (Å²) < 4.78 is 7.23. The lowest BCUT2D eigenvalue weighted by Gasteiger charge is -2.11. The number of nitrogens with zero attached hydrogens (tertiary/aromatic N) is 1. The minimum atomic E-state index is -0.168. The topological polar surface area (TPSA) is 55.3 Å². The first-order valence-corrected chi connectivity index (χ1v) is 7.30. The van der Waals surface area contributed by atoms with E-state index in [1.807, 2.05) is 44.3 Å². The fourth-order valence-electron chi connectivity index (χ4n) is 2.21. The zero-order chi connectivity index (χ0) is 15.2. The molecule has 0 aliphatic rings. The Morgan fingerprint density at radius 3 is 2.86 bits per heavy atom. The van der Waals surface area contributed by atoms with Crippen LogP contribution in [0.2, 0.25) is 0 Å². The normalized spacial score (nSPS) is 12.3. The highest BCUT2D eigenvalue weighted by Gasteiger charge is 2.11. The second-order valence-corrected chi connectivity index (χ2v) is 5.15. The van der Waals surface area contributed by atoms with Crippen LogP contribution in [0.15, 0.2) is 30.5 Å². The molecule has 0 bridgehead atoms. The predicted molar refractivity (Wildman–Crippen MR) is 85.7 cm³/mol. The summed E-state index contributed by atoms with van der Waals surface area (Å²) in [5.74, 6) is 0. The van der Waals surface area contributed by atoms with Crippen LogP contribution >= 0.6 is 0 Å². The fourth-order valence-corrected chi connectivity index (χ4v) is 2.21. The van der Waals surface area contributed by atoms with Crippen LogP contribution in [0, 0.1) is 0 Å². The Morgan fingerprint density at radius 1 is 1.38 bits per heavy atom. The Balaban J connectivity index is 2.21. The molecule has 5 heteroatoms. The van der Waals surface area contributed by atoms with Crippen molar-refractivity contribution in [1.29, 1.82) is 0 Å². The van der Waals surface area contributed by atoms with Crippen molar-refractivity contribution < 1.29 is 9.53 Å². The van der Waals surface area contributed by atoms with Crippen molar-refractivity contribution in [2.24, 2.45) is 0 Å². The first-order chi connectivity index (χ1) is 10.2. The molecule has 21 heavy (non-hydrogen) atoms. The molecule has 1 atom stereocenters. The highest BCUT2D eigenvalue weighted by atomic mass is 16.5. The SMILES string of the molecule is CCC(C)NC(=O)Nc1cn(CCOC)c2ccccc12. The van der Waals surface area contributed by atoms with Crippen LogP contribution in [0.25, 0.3) is 10.9 Å². The predicted octanol–water partition coefficient (Wildman–Crippen LogP) is 3.21. The van der Waals surface area contributed by atoms with Crippen LogP contribution in [0.3, 0.4) is 0 Å². The zero-order valence-electron chi connectivity index (χ0n) is 12.8. The lowest BCUT2D eigenvalue weighted by atomic mass is 10.2. The van der Waals surface area contributed by atoms with Crippen LogP contribution in [0.5, 0.6) is 0 Å². The number of ether oxygens (including phenoxy) is 1. The number of methoxy groups -OCH3 is 1. The van der Waals surface area contributed by atoms with E-state index in [9.17, 15) is 4.79 Å². The van der Waals surface area contributed by atoms with E-state index < -0.39 is 0 Å². The van der Waals surface area contributed by atoms with Crippen LogP contribution in [0.4, 0.5) is 10.5 Å². The van der Waals surface area contributed by atoms with E-state index in [-0.39, 0.29) is 12.1 Å². The Morgan fingerprint density at radius 2 is 2.14 bits per heavy atom. The van der Waals surface area contributed by atoms with Gasteiger partial charge in [-0.3, -0.25) is 0 Å². The molecule has 0 saturated heterocycles. The molecule has 1 aromatic heterocycles. The van der Waals surface area contributed by atoms with Gasteiger partial charge in [-0.25, -0.2) is 4.79 Å². The summed E-state index contributed by atoms with van der Waals surface area (Å²) in [6.45, 7) is 5.42. The van der Waals surface area contributed by atoms with E-state index in [0.29, 0.717) is 6.61 Å². The first-order valence-electron chi connectivity index (χ1n) is 7.30. The van der Waals surface area contributed by atoms with E-state index in [1.54, 1.807) is 7.11 Å². The second-order valence-electron chi connectivity index (χ2n) is 5.15. The molecular weight excluding hydrogens is 266 g/mol. The molecule has 1 heterocycles. The lowest BCUT2D eigenvalue weighted by molar-refractivity contribution is 0.188. The third kappa shape index (κ3) is 3.76. The number of carbonyl (C=O) groups is 1. The van der Waals surface area contributed by atoms with E-state index >= 15 is 0 Å². The van der Waals surface area contributed by atoms with Gasteiger partial charge in [0.25, 0.3) is 0 Å². The van der Waals surface area contributed by atoms with E-state index in [1.165, 1.54) is 0 Å². The van der Waals surface area contributed by atoms with Gasteiger partial charge in [0, 0.05) is 31.3 Å². The quantitative estimate of drug-likeness (QED) is 0.858. The number of hydrogen-bond donors (Lipinski definition) is 2. The first kappa shape index (κ1) is 15.4. The number of urea groups is 1. The minimum absolute atomic E-state index is 0.159. The molecule has 2 aromatic rings. The van der Waals surface area contributed by atoms with Gasteiger partial charge >= 0.3 is 6.03 Å². The second kappa shape index (κ2) is 7.13. The van der Waals surface area contributed by atoms with Gasteiger partial charge in [0.05, 0.1) is 17.8 Å². The van der Waals surface area contributed by atoms with Crippen molar-refractivity contribution in [3.8, 4) is 0 Å². The zero-order valence-corrected chi connectivity index (χ0v) is 12.8. The number of rotatable bonds is 6. The molecular formula is C16H23N3O2. The molecule has 114 valence electrons. The number of hydrogen-bond acceptors (Lipinski definition) is 2. The van der Waals surface area contributed by atoms with Crippen LogP contribution in [0.1, 0.15) is 20.3 Å². The van der Waals surface area contributed by atoms with Crippen molar-refractivity contribution in [2.45, 2.75) is 32.9 Å². The Kier molecular flexibility index (Phi) is 5.22. The highest BCUT2D eigenvalue weighted by Crippen LogP contribution is 2.25.